The Labute approximate surface area is 119 Å². The van der Waals surface area contributed by atoms with Gasteiger partial charge in [-0.05, 0) is 43.5 Å². The van der Waals surface area contributed by atoms with Crippen molar-refractivity contribution in [2.75, 3.05) is 20.2 Å². The lowest BCUT2D eigenvalue weighted by Crippen LogP contribution is -2.38. The molecule has 0 atom stereocenters. The highest BCUT2D eigenvalue weighted by atomic mass is 32.2. The number of sulfonamides is 1. The number of benzene rings is 1. The second-order valence-corrected chi connectivity index (χ2v) is 6.88. The van der Waals surface area contributed by atoms with Crippen LogP contribution in [0.5, 0.6) is 5.75 Å². The summed E-state index contributed by atoms with van der Waals surface area (Å²) < 4.78 is 31.7. The van der Waals surface area contributed by atoms with Crippen molar-refractivity contribution in [2.24, 2.45) is 5.92 Å². The van der Waals surface area contributed by atoms with Crippen LogP contribution in [-0.2, 0) is 10.0 Å². The van der Waals surface area contributed by atoms with Crippen molar-refractivity contribution < 1.29 is 13.2 Å². The highest BCUT2D eigenvalue weighted by molar-refractivity contribution is 7.89. The third kappa shape index (κ3) is 2.79. The van der Waals surface area contributed by atoms with Gasteiger partial charge >= 0.3 is 0 Å². The van der Waals surface area contributed by atoms with E-state index in [-0.39, 0.29) is 10.8 Å². The Hall–Kier alpha value is -1.58. The first kappa shape index (κ1) is 14.8. The summed E-state index contributed by atoms with van der Waals surface area (Å²) in [5.74, 6) is 0.645. The molecule has 0 amide bonds. The topological polar surface area (TPSA) is 70.4 Å². The van der Waals surface area contributed by atoms with Crippen molar-refractivity contribution in [3.63, 3.8) is 0 Å². The Kier molecular flexibility index (Phi) is 4.31. The molecule has 0 saturated carbocycles. The number of ether oxygens (including phenoxy) is 1. The molecule has 1 fully saturated rings. The summed E-state index contributed by atoms with van der Waals surface area (Å²) in [6.45, 7) is 2.64. The Balaban J connectivity index is 2.23. The Morgan fingerprint density at radius 2 is 2.00 bits per heavy atom. The molecule has 0 spiro atoms. The fourth-order valence-electron chi connectivity index (χ4n) is 2.39. The van der Waals surface area contributed by atoms with E-state index in [0.29, 0.717) is 31.7 Å². The lowest BCUT2D eigenvalue weighted by Gasteiger charge is -2.28. The largest absolute Gasteiger partial charge is 0.496 e. The van der Waals surface area contributed by atoms with Crippen molar-refractivity contribution in [1.29, 1.82) is 5.26 Å². The van der Waals surface area contributed by atoms with Gasteiger partial charge in [-0.15, -0.1) is 0 Å². The summed E-state index contributed by atoms with van der Waals surface area (Å²) in [6.07, 6.45) is 1.20. The van der Waals surface area contributed by atoms with Gasteiger partial charge in [0.25, 0.3) is 0 Å². The molecule has 108 valence electrons. The fraction of sp³-hybridized carbons (Fsp3) is 0.500. The van der Waals surface area contributed by atoms with E-state index in [4.69, 9.17) is 10.00 Å². The molecule has 2 rings (SSSR count). The number of nitrogens with zero attached hydrogens (tertiary/aromatic N) is 2. The SMILES string of the molecule is COc1ccc(S(=O)(=O)N2CCC(C#N)CC2)cc1C. The van der Waals surface area contributed by atoms with Gasteiger partial charge in [0, 0.05) is 19.0 Å². The number of piperidine rings is 1. The summed E-state index contributed by atoms with van der Waals surface area (Å²) in [7, 11) is -1.91. The number of rotatable bonds is 3. The minimum Gasteiger partial charge on any atom is -0.496 e. The molecule has 20 heavy (non-hydrogen) atoms. The number of methoxy groups -OCH3 is 1. The van der Waals surface area contributed by atoms with Gasteiger partial charge in [-0.25, -0.2) is 8.42 Å². The van der Waals surface area contributed by atoms with Gasteiger partial charge in [0.2, 0.25) is 10.0 Å². The summed E-state index contributed by atoms with van der Waals surface area (Å²) in [6, 6.07) is 7.07. The summed E-state index contributed by atoms with van der Waals surface area (Å²) in [5.41, 5.74) is 0.792. The van der Waals surface area contributed by atoms with Crippen LogP contribution < -0.4 is 4.74 Å². The molecule has 1 aromatic carbocycles. The normalized spacial score (nSPS) is 17.6. The molecule has 1 saturated heterocycles. The maximum Gasteiger partial charge on any atom is 0.243 e. The molecular formula is C14H18N2O3S. The van der Waals surface area contributed by atoms with Gasteiger partial charge in [-0.3, -0.25) is 0 Å². The van der Waals surface area contributed by atoms with Gasteiger partial charge in [0.05, 0.1) is 18.1 Å². The molecular weight excluding hydrogens is 276 g/mol. The van der Waals surface area contributed by atoms with E-state index in [1.54, 1.807) is 25.3 Å². The van der Waals surface area contributed by atoms with Crippen LogP contribution in [0.3, 0.4) is 0 Å². The van der Waals surface area contributed by atoms with E-state index in [1.807, 2.05) is 6.92 Å². The fourth-order valence-corrected chi connectivity index (χ4v) is 3.94. The zero-order valence-electron chi connectivity index (χ0n) is 11.7. The Bertz CT molecular complexity index is 626. The van der Waals surface area contributed by atoms with Gasteiger partial charge < -0.3 is 4.74 Å². The average molecular weight is 294 g/mol. The highest BCUT2D eigenvalue weighted by Gasteiger charge is 2.29. The first-order valence-corrected chi connectivity index (χ1v) is 7.97. The van der Waals surface area contributed by atoms with Crippen molar-refractivity contribution in [1.82, 2.24) is 4.31 Å². The molecule has 0 aromatic heterocycles. The van der Waals surface area contributed by atoms with Gasteiger partial charge in [0.15, 0.2) is 0 Å². The number of aryl methyl sites for hydroxylation is 1. The van der Waals surface area contributed by atoms with Crippen LogP contribution in [0.15, 0.2) is 23.1 Å². The highest BCUT2D eigenvalue weighted by Crippen LogP contribution is 2.26. The van der Waals surface area contributed by atoms with Crippen molar-refractivity contribution >= 4 is 10.0 Å². The standard InChI is InChI=1S/C14H18N2O3S/c1-11-9-13(3-4-14(11)19-2)20(17,18)16-7-5-12(10-15)6-8-16/h3-4,9,12H,5-8H2,1-2H3. The molecule has 0 unspecified atom stereocenters. The molecule has 0 aliphatic carbocycles. The zero-order valence-corrected chi connectivity index (χ0v) is 12.5. The molecule has 0 bridgehead atoms. The van der Waals surface area contributed by atoms with Crippen molar-refractivity contribution in [2.45, 2.75) is 24.7 Å². The summed E-state index contributed by atoms with van der Waals surface area (Å²) in [5, 5.41) is 8.86. The quantitative estimate of drug-likeness (QED) is 0.854. The molecule has 1 aliphatic heterocycles. The monoisotopic (exact) mass is 294 g/mol. The van der Waals surface area contributed by atoms with E-state index in [2.05, 4.69) is 6.07 Å². The number of hydrogen-bond acceptors (Lipinski definition) is 4. The van der Waals surface area contributed by atoms with Gasteiger partial charge in [-0.1, -0.05) is 0 Å². The molecule has 6 heteroatoms. The van der Waals surface area contributed by atoms with Crippen molar-refractivity contribution in [3.05, 3.63) is 23.8 Å². The average Bonchev–Trinajstić information content (AvgIpc) is 2.47. The van der Waals surface area contributed by atoms with Crippen LogP contribution in [0.25, 0.3) is 0 Å². The van der Waals surface area contributed by atoms with Crippen LogP contribution in [0, 0.1) is 24.2 Å². The molecule has 1 heterocycles. The molecule has 5 nitrogen and oxygen atoms in total. The number of hydrogen-bond donors (Lipinski definition) is 0. The van der Waals surface area contributed by atoms with Gasteiger partial charge in [0.1, 0.15) is 5.75 Å². The smallest absolute Gasteiger partial charge is 0.243 e. The van der Waals surface area contributed by atoms with Crippen LogP contribution in [-0.4, -0.2) is 32.9 Å². The predicted octanol–water partition coefficient (Wildman–Crippen LogP) is 1.93. The zero-order chi connectivity index (χ0) is 14.8. The van der Waals surface area contributed by atoms with E-state index in [1.165, 1.54) is 4.31 Å². The summed E-state index contributed by atoms with van der Waals surface area (Å²) in [4.78, 5) is 0.284. The van der Waals surface area contributed by atoms with Gasteiger partial charge in [-0.2, -0.15) is 9.57 Å². The third-order valence-corrected chi connectivity index (χ3v) is 5.54. The second kappa shape index (κ2) is 5.81. The minimum absolute atomic E-state index is 0.0287. The van der Waals surface area contributed by atoms with E-state index < -0.39 is 10.0 Å². The molecule has 1 aromatic rings. The minimum atomic E-state index is -3.47. The predicted molar refractivity (Wildman–Crippen MR) is 74.8 cm³/mol. The maximum atomic E-state index is 12.5. The second-order valence-electron chi connectivity index (χ2n) is 4.94. The molecule has 0 N–H and O–H groups in total. The molecule has 0 radical (unpaired) electrons. The maximum absolute atomic E-state index is 12.5. The van der Waals surface area contributed by atoms with E-state index >= 15 is 0 Å². The van der Waals surface area contributed by atoms with Crippen LogP contribution in [0.1, 0.15) is 18.4 Å². The first-order valence-electron chi connectivity index (χ1n) is 6.53. The molecule has 1 aliphatic rings. The first-order chi connectivity index (χ1) is 9.48. The lowest BCUT2D eigenvalue weighted by molar-refractivity contribution is 0.310. The van der Waals surface area contributed by atoms with Crippen molar-refractivity contribution in [3.8, 4) is 11.8 Å². The number of nitriles is 1. The Morgan fingerprint density at radius 3 is 2.50 bits per heavy atom. The lowest BCUT2D eigenvalue weighted by atomic mass is 10.0. The van der Waals surface area contributed by atoms with E-state index in [9.17, 15) is 8.42 Å². The Morgan fingerprint density at radius 1 is 1.35 bits per heavy atom. The van der Waals surface area contributed by atoms with Crippen LogP contribution in [0.4, 0.5) is 0 Å². The van der Waals surface area contributed by atoms with E-state index in [0.717, 1.165) is 5.56 Å². The third-order valence-electron chi connectivity index (χ3n) is 3.64. The summed E-state index contributed by atoms with van der Waals surface area (Å²) >= 11 is 0. The van der Waals surface area contributed by atoms with Crippen LogP contribution >= 0.6 is 0 Å². The van der Waals surface area contributed by atoms with Crippen LogP contribution in [0.2, 0.25) is 0 Å².